The SMILES string of the molecule is CCc1ncn(C(c2ccccc2)(c2ccccc2)c2cccc(Br)c2)n1. The first-order valence-corrected chi connectivity index (χ1v) is 9.82. The molecule has 0 atom stereocenters. The number of halogens is 1. The number of benzene rings is 3. The van der Waals surface area contributed by atoms with Crippen LogP contribution in [0.1, 0.15) is 29.4 Å². The Kier molecular flexibility index (Phi) is 4.90. The second-order valence-corrected chi connectivity index (χ2v) is 7.33. The lowest BCUT2D eigenvalue weighted by molar-refractivity contribution is 0.455. The maximum atomic E-state index is 4.85. The summed E-state index contributed by atoms with van der Waals surface area (Å²) in [7, 11) is 0. The van der Waals surface area contributed by atoms with E-state index in [1.54, 1.807) is 0 Å². The molecule has 1 heterocycles. The largest absolute Gasteiger partial charge is 0.233 e. The molecule has 0 aliphatic heterocycles. The second-order valence-electron chi connectivity index (χ2n) is 6.41. The molecule has 4 rings (SSSR count). The van der Waals surface area contributed by atoms with E-state index in [9.17, 15) is 0 Å². The number of rotatable bonds is 5. The average molecular weight is 418 g/mol. The van der Waals surface area contributed by atoms with Gasteiger partial charge in [-0.2, -0.15) is 5.10 Å². The first-order valence-electron chi connectivity index (χ1n) is 9.03. The van der Waals surface area contributed by atoms with Crippen LogP contribution in [0, 0.1) is 0 Å². The molecule has 0 saturated heterocycles. The van der Waals surface area contributed by atoms with Crippen molar-refractivity contribution in [2.75, 3.05) is 0 Å². The third kappa shape index (κ3) is 3.10. The third-order valence-corrected chi connectivity index (χ3v) is 5.32. The van der Waals surface area contributed by atoms with Crippen LogP contribution in [0.2, 0.25) is 0 Å². The summed E-state index contributed by atoms with van der Waals surface area (Å²) in [6.45, 7) is 2.07. The van der Waals surface area contributed by atoms with Crippen molar-refractivity contribution in [3.63, 3.8) is 0 Å². The van der Waals surface area contributed by atoms with Gasteiger partial charge in [0.25, 0.3) is 0 Å². The van der Waals surface area contributed by atoms with Gasteiger partial charge in [0.15, 0.2) is 0 Å². The molecule has 0 N–H and O–H groups in total. The topological polar surface area (TPSA) is 30.7 Å². The van der Waals surface area contributed by atoms with Crippen LogP contribution < -0.4 is 0 Å². The quantitative estimate of drug-likeness (QED) is 0.404. The number of nitrogens with zero attached hydrogens (tertiary/aromatic N) is 3. The van der Waals surface area contributed by atoms with Gasteiger partial charge >= 0.3 is 0 Å². The molecular weight excluding hydrogens is 398 g/mol. The third-order valence-electron chi connectivity index (χ3n) is 4.82. The fourth-order valence-corrected chi connectivity index (χ4v) is 3.99. The molecule has 0 aliphatic rings. The number of aromatic nitrogens is 3. The predicted molar refractivity (Wildman–Crippen MR) is 112 cm³/mol. The molecule has 4 heteroatoms. The highest BCUT2D eigenvalue weighted by Crippen LogP contribution is 2.40. The molecule has 4 aromatic rings. The van der Waals surface area contributed by atoms with E-state index in [1.807, 2.05) is 29.2 Å². The monoisotopic (exact) mass is 417 g/mol. The zero-order chi connectivity index (χ0) is 18.7. The fourth-order valence-electron chi connectivity index (χ4n) is 3.59. The van der Waals surface area contributed by atoms with Crippen LogP contribution in [0.25, 0.3) is 0 Å². The van der Waals surface area contributed by atoms with E-state index in [2.05, 4.69) is 94.6 Å². The Labute approximate surface area is 167 Å². The van der Waals surface area contributed by atoms with E-state index < -0.39 is 5.54 Å². The standard InChI is InChI=1S/C23H20BrN3/c1-2-22-25-17-27(26-22)23(18-10-5-3-6-11-18,19-12-7-4-8-13-19)20-14-9-15-21(24)16-20/h3-17H,2H2,1H3. The Bertz CT molecular complexity index is 986. The lowest BCUT2D eigenvalue weighted by atomic mass is 9.77. The van der Waals surface area contributed by atoms with Gasteiger partial charge < -0.3 is 0 Å². The van der Waals surface area contributed by atoms with E-state index in [0.29, 0.717) is 0 Å². The molecule has 0 fully saturated rings. The number of aryl methyl sites for hydroxylation is 1. The van der Waals surface area contributed by atoms with Crippen molar-refractivity contribution >= 4 is 15.9 Å². The van der Waals surface area contributed by atoms with Gasteiger partial charge in [-0.1, -0.05) is 95.7 Å². The van der Waals surface area contributed by atoms with Crippen LogP contribution >= 0.6 is 15.9 Å². The van der Waals surface area contributed by atoms with Crippen LogP contribution in [0.3, 0.4) is 0 Å². The van der Waals surface area contributed by atoms with E-state index in [1.165, 1.54) is 0 Å². The predicted octanol–water partition coefficient (Wildman–Crippen LogP) is 5.44. The van der Waals surface area contributed by atoms with E-state index >= 15 is 0 Å². The van der Waals surface area contributed by atoms with Gasteiger partial charge in [0.05, 0.1) is 0 Å². The van der Waals surface area contributed by atoms with Crippen molar-refractivity contribution in [2.24, 2.45) is 0 Å². The minimum atomic E-state index is -0.604. The highest BCUT2D eigenvalue weighted by atomic mass is 79.9. The van der Waals surface area contributed by atoms with Gasteiger partial charge in [-0.15, -0.1) is 0 Å². The normalized spacial score (nSPS) is 11.5. The van der Waals surface area contributed by atoms with Gasteiger partial charge in [0.2, 0.25) is 0 Å². The minimum Gasteiger partial charge on any atom is -0.233 e. The maximum absolute atomic E-state index is 4.85. The molecule has 3 nitrogen and oxygen atoms in total. The van der Waals surface area contributed by atoms with Crippen LogP contribution in [0.5, 0.6) is 0 Å². The summed E-state index contributed by atoms with van der Waals surface area (Å²) in [4.78, 5) is 4.54. The number of hydrogen-bond acceptors (Lipinski definition) is 2. The summed E-state index contributed by atoms with van der Waals surface area (Å²) in [5.41, 5.74) is 2.80. The van der Waals surface area contributed by atoms with Crippen molar-refractivity contribution in [1.82, 2.24) is 14.8 Å². The van der Waals surface area contributed by atoms with Crippen molar-refractivity contribution in [3.8, 4) is 0 Å². The van der Waals surface area contributed by atoms with Crippen molar-refractivity contribution in [1.29, 1.82) is 0 Å². The highest BCUT2D eigenvalue weighted by Gasteiger charge is 2.39. The molecule has 0 radical (unpaired) electrons. The molecule has 3 aromatic carbocycles. The Balaban J connectivity index is 2.12. The Morgan fingerprint density at radius 1 is 0.815 bits per heavy atom. The molecule has 0 bridgehead atoms. The first kappa shape index (κ1) is 17.7. The summed E-state index contributed by atoms with van der Waals surface area (Å²) in [6.07, 6.45) is 2.64. The Morgan fingerprint density at radius 2 is 1.41 bits per heavy atom. The van der Waals surface area contributed by atoms with Crippen LogP contribution in [0.15, 0.2) is 95.7 Å². The van der Waals surface area contributed by atoms with Gasteiger partial charge in [0, 0.05) is 10.9 Å². The van der Waals surface area contributed by atoms with E-state index in [0.717, 1.165) is 33.4 Å². The van der Waals surface area contributed by atoms with Crippen LogP contribution in [0.4, 0.5) is 0 Å². The fraction of sp³-hybridized carbons (Fsp3) is 0.130. The molecule has 0 aliphatic carbocycles. The lowest BCUT2D eigenvalue weighted by Gasteiger charge is -2.36. The molecule has 0 unspecified atom stereocenters. The van der Waals surface area contributed by atoms with Gasteiger partial charge in [-0.3, -0.25) is 0 Å². The number of hydrogen-bond donors (Lipinski definition) is 0. The van der Waals surface area contributed by atoms with Crippen molar-refractivity contribution in [3.05, 3.63) is 118 Å². The summed E-state index contributed by atoms with van der Waals surface area (Å²) >= 11 is 3.65. The summed E-state index contributed by atoms with van der Waals surface area (Å²) in [5, 5.41) is 4.85. The summed E-state index contributed by atoms with van der Waals surface area (Å²) < 4.78 is 3.03. The molecular formula is C23H20BrN3. The maximum Gasteiger partial charge on any atom is 0.150 e. The smallest absolute Gasteiger partial charge is 0.150 e. The second kappa shape index (κ2) is 7.49. The Morgan fingerprint density at radius 3 is 1.93 bits per heavy atom. The van der Waals surface area contributed by atoms with E-state index in [-0.39, 0.29) is 0 Å². The first-order chi connectivity index (χ1) is 13.2. The molecule has 0 spiro atoms. The highest BCUT2D eigenvalue weighted by molar-refractivity contribution is 9.10. The van der Waals surface area contributed by atoms with Gasteiger partial charge in [0.1, 0.15) is 17.7 Å². The molecule has 134 valence electrons. The van der Waals surface area contributed by atoms with Gasteiger partial charge in [-0.05, 0) is 28.8 Å². The molecule has 0 amide bonds. The molecule has 27 heavy (non-hydrogen) atoms. The van der Waals surface area contributed by atoms with Gasteiger partial charge in [-0.25, -0.2) is 9.67 Å². The Hall–Kier alpha value is -2.72. The molecule has 1 aromatic heterocycles. The zero-order valence-corrected chi connectivity index (χ0v) is 16.7. The van der Waals surface area contributed by atoms with Crippen molar-refractivity contribution < 1.29 is 0 Å². The molecule has 0 saturated carbocycles. The zero-order valence-electron chi connectivity index (χ0n) is 15.1. The van der Waals surface area contributed by atoms with Crippen LogP contribution in [-0.4, -0.2) is 14.8 Å². The minimum absolute atomic E-state index is 0.604. The average Bonchev–Trinajstić information content (AvgIpc) is 3.20. The van der Waals surface area contributed by atoms with Crippen molar-refractivity contribution in [2.45, 2.75) is 18.9 Å². The van der Waals surface area contributed by atoms with Crippen LogP contribution in [-0.2, 0) is 12.0 Å². The lowest BCUT2D eigenvalue weighted by Crippen LogP contribution is -2.38. The van der Waals surface area contributed by atoms with E-state index in [4.69, 9.17) is 5.10 Å². The summed E-state index contributed by atoms with van der Waals surface area (Å²) in [6, 6.07) is 29.4. The summed E-state index contributed by atoms with van der Waals surface area (Å²) in [5.74, 6) is 0.834.